The van der Waals surface area contributed by atoms with Crippen molar-refractivity contribution in [2.24, 2.45) is 4.99 Å². The molecular weight excluding hydrogens is 500 g/mol. The molecule has 0 unspecified atom stereocenters. The van der Waals surface area contributed by atoms with Crippen molar-refractivity contribution in [2.45, 2.75) is 19.2 Å². The third-order valence-electron chi connectivity index (χ3n) is 6.67. The van der Waals surface area contributed by atoms with Gasteiger partial charge >= 0.3 is 0 Å². The lowest BCUT2D eigenvalue weighted by Gasteiger charge is -2.36. The highest BCUT2D eigenvalue weighted by atomic mass is 32.2. The van der Waals surface area contributed by atoms with Gasteiger partial charge in [-0.25, -0.2) is 4.98 Å². The van der Waals surface area contributed by atoms with Crippen LogP contribution in [-0.2, 0) is 17.9 Å². The number of thioether (sulfide) groups is 1. The molecule has 0 spiro atoms. The summed E-state index contributed by atoms with van der Waals surface area (Å²) in [6.07, 6.45) is 0.903. The summed E-state index contributed by atoms with van der Waals surface area (Å²) < 4.78 is 7.22. The molecule has 1 saturated heterocycles. The number of ether oxygens (including phenoxy) is 1. The third kappa shape index (κ3) is 5.71. The summed E-state index contributed by atoms with van der Waals surface area (Å²) in [7, 11) is 0. The molecular formula is C29H28N4O2S2. The van der Waals surface area contributed by atoms with E-state index in [0.717, 1.165) is 65.0 Å². The minimum absolute atomic E-state index is 0.249. The van der Waals surface area contributed by atoms with Gasteiger partial charge < -0.3 is 14.4 Å². The normalized spacial score (nSPS) is 18.2. The van der Waals surface area contributed by atoms with Gasteiger partial charge in [0.1, 0.15) is 34.7 Å². The quantitative estimate of drug-likeness (QED) is 0.291. The Labute approximate surface area is 225 Å². The number of carbonyl (C=O) groups is 1. The van der Waals surface area contributed by atoms with E-state index < -0.39 is 0 Å². The number of piperazine rings is 1. The molecule has 1 fully saturated rings. The van der Waals surface area contributed by atoms with E-state index >= 15 is 0 Å². The molecule has 1 atom stereocenters. The van der Waals surface area contributed by atoms with Crippen LogP contribution in [0.2, 0.25) is 0 Å². The zero-order valence-corrected chi connectivity index (χ0v) is 22.1. The summed E-state index contributed by atoms with van der Waals surface area (Å²) in [5, 5.41) is 1.73. The van der Waals surface area contributed by atoms with Crippen LogP contribution in [0.4, 0.5) is 5.69 Å². The van der Waals surface area contributed by atoms with E-state index in [-0.39, 0.29) is 6.04 Å². The lowest BCUT2D eigenvalue weighted by molar-refractivity contribution is -0.108. The minimum atomic E-state index is -0.249. The Morgan fingerprint density at radius 2 is 1.78 bits per heavy atom. The van der Waals surface area contributed by atoms with E-state index in [4.69, 9.17) is 9.72 Å². The second-order valence-corrected chi connectivity index (χ2v) is 11.3. The Hall–Kier alpha value is -3.20. The molecule has 0 amide bonds. The van der Waals surface area contributed by atoms with E-state index in [1.165, 1.54) is 16.8 Å². The van der Waals surface area contributed by atoms with Crippen molar-refractivity contribution >= 4 is 50.3 Å². The van der Waals surface area contributed by atoms with E-state index in [9.17, 15) is 4.79 Å². The number of anilines is 1. The summed E-state index contributed by atoms with van der Waals surface area (Å²) in [5.74, 6) is 1.53. The molecule has 3 aromatic carbocycles. The maximum Gasteiger partial charge on any atom is 0.149 e. The lowest BCUT2D eigenvalue weighted by atomic mass is 10.1. The molecule has 8 heteroatoms. The van der Waals surface area contributed by atoms with Gasteiger partial charge in [0, 0.05) is 44.2 Å². The van der Waals surface area contributed by atoms with E-state index in [1.54, 1.807) is 23.1 Å². The molecule has 0 N–H and O–H groups in total. The maximum absolute atomic E-state index is 11.0. The first-order chi connectivity index (χ1) is 18.2. The van der Waals surface area contributed by atoms with Crippen LogP contribution in [0.25, 0.3) is 10.2 Å². The van der Waals surface area contributed by atoms with Gasteiger partial charge in [-0.15, -0.1) is 23.1 Å². The van der Waals surface area contributed by atoms with Crippen molar-refractivity contribution in [2.75, 3.05) is 36.8 Å². The molecule has 6 rings (SSSR count). The summed E-state index contributed by atoms with van der Waals surface area (Å²) in [6, 6.07) is 25.1. The SMILES string of the molecule is O=C[C@H]1CSC(c2nc3ccc(OCc4cccc(CN5CCN(c6ccccc6)CC5)c4)cc3s2)=N1. The number of aldehydes is 1. The van der Waals surface area contributed by atoms with Crippen LogP contribution in [0.3, 0.4) is 0 Å². The Kier molecular flexibility index (Phi) is 7.21. The van der Waals surface area contributed by atoms with Gasteiger partial charge in [0.25, 0.3) is 0 Å². The predicted octanol–water partition coefficient (Wildman–Crippen LogP) is 5.26. The van der Waals surface area contributed by atoms with Crippen LogP contribution in [0, 0.1) is 0 Å². The Balaban J connectivity index is 1.05. The van der Waals surface area contributed by atoms with Crippen molar-refractivity contribution in [3.63, 3.8) is 0 Å². The first kappa shape index (κ1) is 24.2. The topological polar surface area (TPSA) is 58.0 Å². The van der Waals surface area contributed by atoms with Crippen molar-refractivity contribution in [3.8, 4) is 5.75 Å². The number of hydrogen-bond donors (Lipinski definition) is 0. The first-order valence-corrected chi connectivity index (χ1v) is 14.3. The fourth-order valence-electron chi connectivity index (χ4n) is 4.71. The summed E-state index contributed by atoms with van der Waals surface area (Å²) in [5.41, 5.74) is 4.73. The fourth-order valence-corrected chi connectivity index (χ4v) is 6.76. The van der Waals surface area contributed by atoms with Gasteiger partial charge in [0.05, 0.1) is 10.2 Å². The van der Waals surface area contributed by atoms with Gasteiger partial charge in [0.15, 0.2) is 0 Å². The van der Waals surface area contributed by atoms with Crippen LogP contribution in [-0.4, -0.2) is 59.2 Å². The number of benzene rings is 3. The Morgan fingerprint density at radius 1 is 0.946 bits per heavy atom. The Bertz CT molecular complexity index is 1410. The standard InChI is InChI=1S/C29H28N4O2S2/c34-18-23-20-36-28(30-23)29-31-26-10-9-25(16-27(26)37-29)35-19-22-6-4-5-21(15-22)17-32-11-13-33(14-12-32)24-7-2-1-3-8-24/h1-10,15-16,18,23H,11-14,17,19-20H2/t23-/m0/s1. The number of para-hydroxylation sites is 1. The van der Waals surface area contributed by atoms with E-state index in [2.05, 4.69) is 69.4 Å². The monoisotopic (exact) mass is 528 g/mol. The number of rotatable bonds is 8. The number of nitrogens with zero attached hydrogens (tertiary/aromatic N) is 4. The number of aromatic nitrogens is 1. The van der Waals surface area contributed by atoms with Gasteiger partial charge in [-0.2, -0.15) is 0 Å². The summed E-state index contributed by atoms with van der Waals surface area (Å²) in [6.45, 7) is 5.71. The average molecular weight is 529 g/mol. The number of aliphatic imine (C=N–C) groups is 1. The zero-order chi connectivity index (χ0) is 25.0. The highest BCUT2D eigenvalue weighted by Gasteiger charge is 2.21. The first-order valence-electron chi connectivity index (χ1n) is 12.5. The summed E-state index contributed by atoms with van der Waals surface area (Å²) >= 11 is 3.19. The van der Waals surface area contributed by atoms with E-state index in [0.29, 0.717) is 12.4 Å². The smallest absolute Gasteiger partial charge is 0.149 e. The van der Waals surface area contributed by atoms with Crippen LogP contribution in [0.15, 0.2) is 77.8 Å². The van der Waals surface area contributed by atoms with Crippen molar-refractivity contribution < 1.29 is 9.53 Å². The molecule has 2 aliphatic heterocycles. The third-order valence-corrected chi connectivity index (χ3v) is 8.91. The van der Waals surface area contributed by atoms with Crippen molar-refractivity contribution in [1.82, 2.24) is 9.88 Å². The zero-order valence-electron chi connectivity index (χ0n) is 20.5. The van der Waals surface area contributed by atoms with Gasteiger partial charge in [-0.1, -0.05) is 42.5 Å². The molecule has 1 aromatic heterocycles. The second kappa shape index (κ2) is 11.0. The molecule has 6 nitrogen and oxygen atoms in total. The van der Waals surface area contributed by atoms with Crippen LogP contribution in [0.1, 0.15) is 16.1 Å². The molecule has 2 aliphatic rings. The molecule has 0 bridgehead atoms. The van der Waals surface area contributed by atoms with E-state index in [1.807, 2.05) is 18.2 Å². The van der Waals surface area contributed by atoms with Crippen molar-refractivity contribution in [3.05, 3.63) is 88.9 Å². The predicted molar refractivity (Wildman–Crippen MR) is 153 cm³/mol. The second-order valence-electron chi connectivity index (χ2n) is 9.30. The minimum Gasteiger partial charge on any atom is -0.489 e. The number of carbonyl (C=O) groups excluding carboxylic acids is 1. The average Bonchev–Trinajstić information content (AvgIpc) is 3.60. The van der Waals surface area contributed by atoms with Crippen LogP contribution < -0.4 is 9.64 Å². The highest BCUT2D eigenvalue weighted by molar-refractivity contribution is 8.15. The highest BCUT2D eigenvalue weighted by Crippen LogP contribution is 2.31. The molecule has 188 valence electrons. The number of thiazole rings is 1. The molecule has 0 radical (unpaired) electrons. The fraction of sp³-hybridized carbons (Fsp3) is 0.276. The summed E-state index contributed by atoms with van der Waals surface area (Å²) in [4.78, 5) is 25.2. The molecule has 3 heterocycles. The van der Waals surface area contributed by atoms with Crippen LogP contribution >= 0.6 is 23.1 Å². The molecule has 0 saturated carbocycles. The number of hydrogen-bond acceptors (Lipinski definition) is 8. The van der Waals surface area contributed by atoms with Gasteiger partial charge in [-0.05, 0) is 41.5 Å². The largest absolute Gasteiger partial charge is 0.489 e. The number of fused-ring (bicyclic) bond motifs is 1. The lowest BCUT2D eigenvalue weighted by Crippen LogP contribution is -2.45. The molecule has 4 aromatic rings. The molecule has 0 aliphatic carbocycles. The maximum atomic E-state index is 11.0. The van der Waals surface area contributed by atoms with Crippen molar-refractivity contribution in [1.29, 1.82) is 0 Å². The van der Waals surface area contributed by atoms with Gasteiger partial charge in [-0.3, -0.25) is 9.89 Å². The van der Waals surface area contributed by atoms with Crippen LogP contribution in [0.5, 0.6) is 5.75 Å². The Morgan fingerprint density at radius 3 is 2.59 bits per heavy atom. The molecule has 37 heavy (non-hydrogen) atoms. The van der Waals surface area contributed by atoms with Gasteiger partial charge in [0.2, 0.25) is 0 Å².